The van der Waals surface area contributed by atoms with Gasteiger partial charge in [0.1, 0.15) is 0 Å². The molecule has 184 valence electrons. The first-order chi connectivity index (χ1) is 15.1. The molecule has 2 N–H and O–H groups in total. The Kier molecular flexibility index (Phi) is 16.8. The number of Topliss-reactive ketones (excluding diaryl/α,β-unsaturated/α-hetero) is 1. The predicted molar refractivity (Wildman–Crippen MR) is 145 cm³/mol. The molecule has 0 radical (unpaired) electrons. The Morgan fingerprint density at radius 3 is 1.66 bits per heavy atom. The third kappa shape index (κ3) is 14.9. The van der Waals surface area contributed by atoms with E-state index in [-0.39, 0.29) is 11.2 Å². The number of aryl methyl sites for hydroxylation is 1. The minimum absolute atomic E-state index is 0.00670. The number of hydrogen-bond donors (Lipinski definition) is 1. The Morgan fingerprint density at radius 1 is 0.969 bits per heavy atom. The molecule has 3 rings (SSSR count). The SMILES string of the molecule is CC1CCCCC1.CC1CCCCC1.CCc1cc(C#CC(C)(C)C)sc1C(C)=O.CN. The predicted octanol–water partition coefficient (Wildman–Crippen LogP) is 8.66. The van der Waals surface area contributed by atoms with Gasteiger partial charge in [-0.15, -0.1) is 11.3 Å². The molecule has 0 saturated heterocycles. The fourth-order valence-corrected chi connectivity index (χ4v) is 4.91. The Bertz CT molecular complexity index is 658. The van der Waals surface area contributed by atoms with Crippen molar-refractivity contribution < 1.29 is 4.79 Å². The zero-order chi connectivity index (χ0) is 24.6. The Hall–Kier alpha value is -1.11. The highest BCUT2D eigenvalue weighted by molar-refractivity contribution is 7.14. The van der Waals surface area contributed by atoms with E-state index in [4.69, 9.17) is 0 Å². The van der Waals surface area contributed by atoms with Crippen LogP contribution in [-0.4, -0.2) is 12.8 Å². The van der Waals surface area contributed by atoms with Crippen molar-refractivity contribution in [1.29, 1.82) is 0 Å². The molecule has 1 aromatic heterocycles. The zero-order valence-corrected chi connectivity index (χ0v) is 23.2. The minimum Gasteiger partial charge on any atom is -0.333 e. The summed E-state index contributed by atoms with van der Waals surface area (Å²) in [5.74, 6) is 8.56. The summed E-state index contributed by atoms with van der Waals surface area (Å²) in [4.78, 5) is 13.3. The van der Waals surface area contributed by atoms with E-state index in [0.717, 1.165) is 33.6 Å². The van der Waals surface area contributed by atoms with Crippen molar-refractivity contribution in [2.45, 2.75) is 119 Å². The highest BCUT2D eigenvalue weighted by atomic mass is 32.1. The first-order valence-corrected chi connectivity index (χ1v) is 13.7. The van der Waals surface area contributed by atoms with Crippen LogP contribution in [0.1, 0.15) is 133 Å². The molecule has 3 heteroatoms. The molecule has 0 unspecified atom stereocenters. The molecule has 2 aliphatic rings. The lowest BCUT2D eigenvalue weighted by atomic mass is 9.91. The molecule has 0 bridgehead atoms. The largest absolute Gasteiger partial charge is 0.333 e. The summed E-state index contributed by atoms with van der Waals surface area (Å²) in [6, 6.07) is 2.04. The first-order valence-electron chi connectivity index (χ1n) is 12.9. The van der Waals surface area contributed by atoms with Crippen LogP contribution in [0.4, 0.5) is 0 Å². The third-order valence-corrected chi connectivity index (χ3v) is 7.05. The van der Waals surface area contributed by atoms with Gasteiger partial charge in [-0.2, -0.15) is 0 Å². The maximum Gasteiger partial charge on any atom is 0.170 e. The van der Waals surface area contributed by atoms with Crippen molar-refractivity contribution in [3.05, 3.63) is 21.4 Å². The van der Waals surface area contributed by atoms with Gasteiger partial charge in [-0.05, 0) is 64.6 Å². The third-order valence-electron chi connectivity index (χ3n) is 5.86. The van der Waals surface area contributed by atoms with Gasteiger partial charge in [0.2, 0.25) is 0 Å². The summed E-state index contributed by atoms with van der Waals surface area (Å²) in [6.07, 6.45) is 15.8. The van der Waals surface area contributed by atoms with Gasteiger partial charge in [-0.3, -0.25) is 4.79 Å². The number of carbonyl (C=O) groups is 1. The number of rotatable bonds is 2. The maximum absolute atomic E-state index is 11.4. The van der Waals surface area contributed by atoms with Crippen LogP contribution in [-0.2, 0) is 6.42 Å². The van der Waals surface area contributed by atoms with E-state index in [1.807, 2.05) is 6.07 Å². The Morgan fingerprint density at radius 2 is 1.41 bits per heavy atom. The second-order valence-electron chi connectivity index (χ2n) is 10.4. The average molecular weight is 462 g/mol. The van der Waals surface area contributed by atoms with Gasteiger partial charge < -0.3 is 5.73 Å². The smallest absolute Gasteiger partial charge is 0.170 e. The summed E-state index contributed by atoms with van der Waals surface area (Å²) < 4.78 is 0. The van der Waals surface area contributed by atoms with Crippen molar-refractivity contribution in [3.63, 3.8) is 0 Å². The quantitative estimate of drug-likeness (QED) is 0.353. The minimum atomic E-state index is 0.00670. The molecular weight excluding hydrogens is 410 g/mol. The fraction of sp³-hybridized carbons (Fsp3) is 0.759. The van der Waals surface area contributed by atoms with Crippen molar-refractivity contribution >= 4 is 17.1 Å². The normalized spacial score (nSPS) is 16.7. The van der Waals surface area contributed by atoms with Gasteiger partial charge in [-0.25, -0.2) is 0 Å². The summed E-state index contributed by atoms with van der Waals surface area (Å²) in [5, 5.41) is 0. The molecule has 32 heavy (non-hydrogen) atoms. The van der Waals surface area contributed by atoms with Gasteiger partial charge in [-0.1, -0.05) is 96.8 Å². The van der Waals surface area contributed by atoms with Gasteiger partial charge in [0, 0.05) is 5.41 Å². The molecule has 0 amide bonds. The molecule has 2 fully saturated rings. The fourth-order valence-electron chi connectivity index (χ4n) is 3.91. The van der Waals surface area contributed by atoms with Gasteiger partial charge in [0.25, 0.3) is 0 Å². The average Bonchev–Trinajstić information content (AvgIpc) is 3.19. The van der Waals surface area contributed by atoms with Crippen molar-refractivity contribution in [1.82, 2.24) is 0 Å². The highest BCUT2D eigenvalue weighted by Crippen LogP contribution is 2.24. The summed E-state index contributed by atoms with van der Waals surface area (Å²) >= 11 is 1.51. The molecule has 2 saturated carbocycles. The van der Waals surface area contributed by atoms with Crippen LogP contribution >= 0.6 is 11.3 Å². The molecule has 2 aliphatic carbocycles. The van der Waals surface area contributed by atoms with E-state index in [1.165, 1.54) is 82.6 Å². The van der Waals surface area contributed by atoms with E-state index in [9.17, 15) is 4.79 Å². The monoisotopic (exact) mass is 461 g/mol. The van der Waals surface area contributed by atoms with Crippen LogP contribution in [0.3, 0.4) is 0 Å². The van der Waals surface area contributed by atoms with Crippen molar-refractivity contribution in [3.8, 4) is 11.8 Å². The Balaban J connectivity index is 0.000000494. The Labute approximate surface area is 204 Å². The van der Waals surface area contributed by atoms with Crippen LogP contribution in [0.2, 0.25) is 0 Å². The number of ketones is 1. The molecular formula is C29H51NOS. The molecule has 0 spiro atoms. The number of hydrogen-bond acceptors (Lipinski definition) is 3. The van der Waals surface area contributed by atoms with Crippen LogP contribution in [0.25, 0.3) is 0 Å². The van der Waals surface area contributed by atoms with E-state index >= 15 is 0 Å². The summed E-state index contributed by atoms with van der Waals surface area (Å²) in [6.45, 7) is 14.7. The van der Waals surface area contributed by atoms with E-state index in [2.05, 4.69) is 59.1 Å². The van der Waals surface area contributed by atoms with E-state index in [1.54, 1.807) is 6.92 Å². The number of nitrogens with two attached hydrogens (primary N) is 1. The van der Waals surface area contributed by atoms with E-state index < -0.39 is 0 Å². The molecule has 2 nitrogen and oxygen atoms in total. The lowest BCUT2D eigenvalue weighted by Gasteiger charge is -2.15. The van der Waals surface area contributed by atoms with Gasteiger partial charge >= 0.3 is 0 Å². The standard InChI is InChI=1S/C14H18OS.2C7H14.CH5N/c1-6-11-9-12(7-8-14(3,4)5)16-13(11)10(2)15;2*1-7-5-3-2-4-6-7;1-2/h9H,6H2,1-5H3;2*7H,2-6H2,1H3;2H2,1H3. The second kappa shape index (κ2) is 17.4. The lowest BCUT2D eigenvalue weighted by Crippen LogP contribution is -1.99. The van der Waals surface area contributed by atoms with Crippen molar-refractivity contribution in [2.24, 2.45) is 23.0 Å². The highest BCUT2D eigenvalue weighted by Gasteiger charge is 2.11. The molecule has 0 aliphatic heterocycles. The zero-order valence-electron chi connectivity index (χ0n) is 22.4. The second-order valence-corrected chi connectivity index (χ2v) is 11.4. The van der Waals surface area contributed by atoms with Crippen molar-refractivity contribution in [2.75, 3.05) is 7.05 Å². The van der Waals surface area contributed by atoms with Gasteiger partial charge in [0.15, 0.2) is 5.78 Å². The van der Waals surface area contributed by atoms with Crippen LogP contribution in [0.15, 0.2) is 6.07 Å². The molecule has 0 atom stereocenters. The van der Waals surface area contributed by atoms with Crippen LogP contribution in [0.5, 0.6) is 0 Å². The summed E-state index contributed by atoms with van der Waals surface area (Å²) in [5.41, 5.74) is 5.63. The van der Waals surface area contributed by atoms with Crippen LogP contribution < -0.4 is 5.73 Å². The lowest BCUT2D eigenvalue weighted by molar-refractivity contribution is 0.102. The maximum atomic E-state index is 11.4. The summed E-state index contributed by atoms with van der Waals surface area (Å²) in [7, 11) is 1.50. The molecule has 1 aromatic rings. The number of thiophene rings is 1. The number of carbonyl (C=O) groups excluding carboxylic acids is 1. The first kappa shape index (κ1) is 30.9. The van der Waals surface area contributed by atoms with Gasteiger partial charge in [0.05, 0.1) is 9.75 Å². The topological polar surface area (TPSA) is 43.1 Å². The molecule has 0 aromatic carbocycles. The van der Waals surface area contributed by atoms with E-state index in [0.29, 0.717) is 0 Å². The molecule has 1 heterocycles. The van der Waals surface area contributed by atoms with Crippen LogP contribution in [0, 0.1) is 29.1 Å².